The van der Waals surface area contributed by atoms with Gasteiger partial charge in [0.1, 0.15) is 0 Å². The van der Waals surface area contributed by atoms with Gasteiger partial charge in [0, 0.05) is 17.2 Å². The van der Waals surface area contributed by atoms with Crippen molar-refractivity contribution in [2.75, 3.05) is 5.43 Å². The number of anilines is 1. The average molecular weight is 339 g/mol. The summed E-state index contributed by atoms with van der Waals surface area (Å²) in [5, 5.41) is 2.64. The van der Waals surface area contributed by atoms with Crippen LogP contribution in [-0.4, -0.2) is 10.9 Å². The Hall–Kier alpha value is -1.99. The third kappa shape index (κ3) is 3.31. The molecule has 0 atom stereocenters. The fraction of sp³-hybridized carbons (Fsp3) is 0.0769. The Bertz CT molecular complexity index is 618. The molecule has 1 aromatic heterocycles. The number of halogens is 2. The number of nitrogens with one attached hydrogen (secondary N) is 2. The zero-order chi connectivity index (χ0) is 14.5. The molecule has 2 rings (SSSR count). The minimum absolute atomic E-state index is 0.106. The maximum absolute atomic E-state index is 13.8. The fourth-order valence-corrected chi connectivity index (χ4v) is 1.86. The predicted octanol–water partition coefficient (Wildman–Crippen LogP) is 2.20. The molecule has 4 N–H and O–H groups in total. The molecule has 0 saturated carbocycles. The smallest absolute Gasteiger partial charge is 0.254 e. The van der Waals surface area contributed by atoms with E-state index in [0.29, 0.717) is 6.54 Å². The van der Waals surface area contributed by atoms with Crippen LogP contribution in [0.4, 0.5) is 10.2 Å². The molecule has 5 nitrogen and oxygen atoms in total. The molecule has 0 aliphatic heterocycles. The van der Waals surface area contributed by atoms with Crippen molar-refractivity contribution in [2.24, 2.45) is 5.84 Å². The number of hydrogen-bond donors (Lipinski definition) is 3. The molecule has 1 heterocycles. The van der Waals surface area contributed by atoms with Crippen molar-refractivity contribution >= 4 is 27.7 Å². The van der Waals surface area contributed by atoms with Gasteiger partial charge >= 0.3 is 0 Å². The number of nitrogens with zero attached hydrogens (tertiary/aromatic N) is 1. The number of carbonyl (C=O) groups is 1. The Labute approximate surface area is 123 Å². The summed E-state index contributed by atoms with van der Waals surface area (Å²) in [6.07, 6.45) is 1.31. The summed E-state index contributed by atoms with van der Waals surface area (Å²) in [6, 6.07) is 8.75. The van der Waals surface area contributed by atoms with Crippen LogP contribution in [0.3, 0.4) is 0 Å². The Morgan fingerprint density at radius 1 is 1.30 bits per heavy atom. The van der Waals surface area contributed by atoms with Gasteiger partial charge in [-0.05, 0) is 23.8 Å². The van der Waals surface area contributed by atoms with Crippen LogP contribution in [0.15, 0.2) is 41.0 Å². The van der Waals surface area contributed by atoms with Gasteiger partial charge in [-0.3, -0.25) is 4.79 Å². The molecular formula is C13H12BrFN4O. The van der Waals surface area contributed by atoms with E-state index in [0.717, 1.165) is 10.0 Å². The standard InChI is InChI=1S/C13H12BrFN4O/c14-9-3-1-8(2-4-9)7-18-13(20)10-5-6-17-12(19-16)11(10)15/h1-6H,7,16H2,(H,17,19)(H,18,20). The van der Waals surface area contributed by atoms with Gasteiger partial charge in [-0.15, -0.1) is 0 Å². The molecule has 0 saturated heterocycles. The third-order valence-corrected chi connectivity index (χ3v) is 3.17. The average Bonchev–Trinajstić information content (AvgIpc) is 2.46. The Kier molecular flexibility index (Phi) is 4.65. The monoisotopic (exact) mass is 338 g/mol. The Morgan fingerprint density at radius 3 is 2.65 bits per heavy atom. The minimum atomic E-state index is -0.775. The van der Waals surface area contributed by atoms with Crippen molar-refractivity contribution in [1.82, 2.24) is 10.3 Å². The largest absolute Gasteiger partial charge is 0.348 e. The fourth-order valence-electron chi connectivity index (χ4n) is 1.60. The first-order chi connectivity index (χ1) is 9.61. The third-order valence-electron chi connectivity index (χ3n) is 2.64. The predicted molar refractivity (Wildman–Crippen MR) is 77.3 cm³/mol. The molecule has 0 radical (unpaired) electrons. The molecule has 0 aliphatic rings. The van der Waals surface area contributed by atoms with Gasteiger partial charge < -0.3 is 10.7 Å². The van der Waals surface area contributed by atoms with Crippen molar-refractivity contribution in [3.05, 3.63) is 57.9 Å². The normalized spacial score (nSPS) is 10.2. The van der Waals surface area contributed by atoms with E-state index < -0.39 is 11.7 Å². The second-order valence-corrected chi connectivity index (χ2v) is 4.89. The Morgan fingerprint density at radius 2 is 2.00 bits per heavy atom. The first-order valence-corrected chi connectivity index (χ1v) is 6.55. The van der Waals surface area contributed by atoms with Gasteiger partial charge in [0.25, 0.3) is 5.91 Å². The highest BCUT2D eigenvalue weighted by Crippen LogP contribution is 2.14. The van der Waals surface area contributed by atoms with Crippen LogP contribution >= 0.6 is 15.9 Å². The lowest BCUT2D eigenvalue weighted by molar-refractivity contribution is 0.0947. The maximum atomic E-state index is 13.8. The van der Waals surface area contributed by atoms with Crippen LogP contribution in [0.25, 0.3) is 0 Å². The summed E-state index contributed by atoms with van der Waals surface area (Å²) in [6.45, 7) is 0.305. The van der Waals surface area contributed by atoms with Crippen LogP contribution < -0.4 is 16.6 Å². The number of hydrazine groups is 1. The van der Waals surface area contributed by atoms with Crippen LogP contribution in [-0.2, 0) is 6.54 Å². The van der Waals surface area contributed by atoms with E-state index in [2.05, 4.69) is 31.7 Å². The molecule has 0 unspecified atom stereocenters. The molecule has 104 valence electrons. The first-order valence-electron chi connectivity index (χ1n) is 5.75. The maximum Gasteiger partial charge on any atom is 0.254 e. The van der Waals surface area contributed by atoms with E-state index in [1.807, 2.05) is 24.3 Å². The van der Waals surface area contributed by atoms with Crippen LogP contribution in [0, 0.1) is 5.82 Å². The summed E-state index contributed by atoms with van der Waals surface area (Å²) >= 11 is 3.32. The van der Waals surface area contributed by atoms with Crippen LogP contribution in [0.1, 0.15) is 15.9 Å². The van der Waals surface area contributed by atoms with E-state index in [1.54, 1.807) is 0 Å². The molecule has 7 heteroatoms. The zero-order valence-electron chi connectivity index (χ0n) is 10.4. The van der Waals surface area contributed by atoms with E-state index in [1.165, 1.54) is 12.3 Å². The lowest BCUT2D eigenvalue weighted by atomic mass is 10.2. The molecule has 0 fully saturated rings. The molecule has 2 aromatic rings. The summed E-state index contributed by atoms with van der Waals surface area (Å²) < 4.78 is 14.8. The van der Waals surface area contributed by atoms with E-state index in [9.17, 15) is 9.18 Å². The molecule has 0 spiro atoms. The Balaban J connectivity index is 2.07. The minimum Gasteiger partial charge on any atom is -0.348 e. The van der Waals surface area contributed by atoms with Crippen molar-refractivity contribution < 1.29 is 9.18 Å². The number of rotatable bonds is 4. The van der Waals surface area contributed by atoms with E-state index in [-0.39, 0.29) is 11.4 Å². The summed E-state index contributed by atoms with van der Waals surface area (Å²) in [7, 11) is 0. The molecule has 0 aliphatic carbocycles. The van der Waals surface area contributed by atoms with Crippen molar-refractivity contribution in [1.29, 1.82) is 0 Å². The van der Waals surface area contributed by atoms with Gasteiger partial charge in [-0.25, -0.2) is 15.2 Å². The number of carbonyl (C=O) groups excluding carboxylic acids is 1. The van der Waals surface area contributed by atoms with Gasteiger partial charge in [0.2, 0.25) is 0 Å². The second-order valence-electron chi connectivity index (χ2n) is 3.97. The quantitative estimate of drug-likeness (QED) is 0.589. The molecular weight excluding hydrogens is 327 g/mol. The molecule has 1 aromatic carbocycles. The van der Waals surface area contributed by atoms with Crippen molar-refractivity contribution in [3.8, 4) is 0 Å². The number of aromatic nitrogens is 1. The van der Waals surface area contributed by atoms with Gasteiger partial charge in [0.15, 0.2) is 11.6 Å². The number of hydrogen-bond acceptors (Lipinski definition) is 4. The van der Waals surface area contributed by atoms with Gasteiger partial charge in [-0.2, -0.15) is 0 Å². The topological polar surface area (TPSA) is 80.0 Å². The zero-order valence-corrected chi connectivity index (χ0v) is 11.9. The lowest BCUT2D eigenvalue weighted by Gasteiger charge is -2.08. The van der Waals surface area contributed by atoms with Crippen molar-refractivity contribution in [3.63, 3.8) is 0 Å². The van der Waals surface area contributed by atoms with Gasteiger partial charge in [-0.1, -0.05) is 28.1 Å². The number of amides is 1. The summed E-state index contributed by atoms with van der Waals surface area (Å²) in [4.78, 5) is 15.6. The lowest BCUT2D eigenvalue weighted by Crippen LogP contribution is -2.24. The molecule has 1 amide bonds. The number of nitrogen functional groups attached to an aromatic ring is 1. The highest BCUT2D eigenvalue weighted by atomic mass is 79.9. The molecule has 0 bridgehead atoms. The van der Waals surface area contributed by atoms with E-state index in [4.69, 9.17) is 5.84 Å². The van der Waals surface area contributed by atoms with Crippen molar-refractivity contribution in [2.45, 2.75) is 6.54 Å². The summed E-state index contributed by atoms with van der Waals surface area (Å²) in [5.41, 5.74) is 2.90. The summed E-state index contributed by atoms with van der Waals surface area (Å²) in [5.74, 6) is 3.65. The number of pyridine rings is 1. The number of nitrogens with two attached hydrogens (primary N) is 1. The van der Waals surface area contributed by atoms with Gasteiger partial charge in [0.05, 0.1) is 5.56 Å². The highest BCUT2D eigenvalue weighted by molar-refractivity contribution is 9.10. The molecule has 20 heavy (non-hydrogen) atoms. The highest BCUT2D eigenvalue weighted by Gasteiger charge is 2.15. The first kappa shape index (κ1) is 14.4. The van der Waals surface area contributed by atoms with Crippen LogP contribution in [0.2, 0.25) is 0 Å². The SMILES string of the molecule is NNc1nccc(C(=O)NCc2ccc(Br)cc2)c1F. The second kappa shape index (κ2) is 6.44. The number of benzene rings is 1. The van der Waals surface area contributed by atoms with Crippen LogP contribution in [0.5, 0.6) is 0 Å². The van der Waals surface area contributed by atoms with E-state index >= 15 is 0 Å².